The van der Waals surface area contributed by atoms with Crippen LogP contribution < -0.4 is 4.74 Å². The Morgan fingerprint density at radius 1 is 1.23 bits per heavy atom. The summed E-state index contributed by atoms with van der Waals surface area (Å²) in [7, 11) is 1.90. The first-order chi connectivity index (χ1) is 17.0. The molecule has 9 nitrogen and oxygen atoms in total. The molecule has 1 aliphatic carbocycles. The highest BCUT2D eigenvalue weighted by molar-refractivity contribution is 5.95. The second kappa shape index (κ2) is 9.62. The van der Waals surface area contributed by atoms with Crippen molar-refractivity contribution in [2.45, 2.75) is 44.1 Å². The number of rotatable bonds is 6. The van der Waals surface area contributed by atoms with Crippen molar-refractivity contribution in [3.05, 3.63) is 53.1 Å². The molecule has 2 aliphatic heterocycles. The van der Waals surface area contributed by atoms with E-state index in [2.05, 4.69) is 19.7 Å². The predicted molar refractivity (Wildman–Crippen MR) is 127 cm³/mol. The van der Waals surface area contributed by atoms with Crippen molar-refractivity contribution < 1.29 is 19.1 Å². The van der Waals surface area contributed by atoms with Crippen molar-refractivity contribution in [2.24, 2.45) is 5.92 Å². The molecule has 0 atom stereocenters. The maximum absolute atomic E-state index is 13.0. The van der Waals surface area contributed by atoms with E-state index in [9.17, 15) is 9.59 Å². The Balaban J connectivity index is 1.22. The summed E-state index contributed by atoms with van der Waals surface area (Å²) in [6.45, 7) is 10.9. The molecule has 0 N–H and O–H groups in total. The molecule has 2 aromatic rings. The minimum Gasteiger partial charge on any atom is -0.451 e. The van der Waals surface area contributed by atoms with Crippen LogP contribution in [0.15, 0.2) is 30.6 Å². The average Bonchev–Trinajstić information content (AvgIpc) is 3.50. The number of likely N-dealkylation sites (tertiary alicyclic amines) is 1. The summed E-state index contributed by atoms with van der Waals surface area (Å²) >= 11 is 0. The van der Waals surface area contributed by atoms with Crippen LogP contribution in [0.25, 0.3) is 4.85 Å². The van der Waals surface area contributed by atoms with Gasteiger partial charge in [-0.25, -0.2) is 4.79 Å². The van der Waals surface area contributed by atoms with E-state index in [1.54, 1.807) is 12.1 Å². The van der Waals surface area contributed by atoms with E-state index in [-0.39, 0.29) is 23.7 Å². The van der Waals surface area contributed by atoms with Crippen molar-refractivity contribution in [3.8, 4) is 11.5 Å². The first-order valence-electron chi connectivity index (χ1n) is 12.2. The van der Waals surface area contributed by atoms with Crippen molar-refractivity contribution >= 4 is 17.8 Å². The van der Waals surface area contributed by atoms with Gasteiger partial charge in [0.1, 0.15) is 23.7 Å². The molecule has 1 saturated carbocycles. The molecule has 5 rings (SSSR count). The van der Waals surface area contributed by atoms with E-state index >= 15 is 0 Å². The van der Waals surface area contributed by atoms with Gasteiger partial charge in [-0.1, -0.05) is 6.07 Å². The Hall–Kier alpha value is -3.51. The van der Waals surface area contributed by atoms with E-state index in [4.69, 9.17) is 16.0 Å². The summed E-state index contributed by atoms with van der Waals surface area (Å²) in [5.74, 6) is 0.694. The number of fused-ring (bicyclic) bond motifs is 2. The Kier molecular flexibility index (Phi) is 6.39. The normalized spacial score (nSPS) is 23.5. The maximum atomic E-state index is 13.0. The molecule has 1 aromatic carbocycles. The lowest BCUT2D eigenvalue weighted by Crippen LogP contribution is -2.41. The highest BCUT2D eigenvalue weighted by Crippen LogP contribution is 2.49. The summed E-state index contributed by atoms with van der Waals surface area (Å²) in [4.78, 5) is 41.0. The largest absolute Gasteiger partial charge is 0.451 e. The smallest absolute Gasteiger partial charge is 0.371 e. The number of aromatic nitrogens is 2. The van der Waals surface area contributed by atoms with E-state index < -0.39 is 5.60 Å². The number of carbonyl (C=O) groups excluding carboxylic acids is 2. The fourth-order valence-corrected chi connectivity index (χ4v) is 5.42. The highest BCUT2D eigenvalue weighted by atomic mass is 16.6. The molecule has 182 valence electrons. The number of hydrogen-bond donors (Lipinski definition) is 0. The first kappa shape index (κ1) is 23.2. The number of ether oxygens (including phenoxy) is 2. The van der Waals surface area contributed by atoms with Crippen molar-refractivity contribution in [2.75, 3.05) is 33.2 Å². The van der Waals surface area contributed by atoms with Crippen LogP contribution in [0.1, 0.15) is 54.4 Å². The Morgan fingerprint density at radius 2 is 1.94 bits per heavy atom. The number of hydrogen-bond acceptors (Lipinski definition) is 7. The standard InChI is InChI=1S/C26H29N5O4/c1-27-25-28-16-20(17-29-25)34-19-5-6-22-21(15-19)24(33)35-26(22)9-7-18(8-10-26)23(32)30(2)13-14-31-11-3-4-12-31/h5-6,15-18H,3-4,7-14H2,2H3. The van der Waals surface area contributed by atoms with Crippen LogP contribution in [0.5, 0.6) is 11.5 Å². The van der Waals surface area contributed by atoms with Crippen molar-refractivity contribution in [1.29, 1.82) is 0 Å². The number of amides is 1. The molecule has 2 fully saturated rings. The van der Waals surface area contributed by atoms with Crippen LogP contribution in [0.4, 0.5) is 5.95 Å². The molecule has 9 heteroatoms. The van der Waals surface area contributed by atoms with E-state index in [0.717, 1.165) is 31.7 Å². The third-order valence-corrected chi connectivity index (χ3v) is 7.41. The third-order valence-electron chi connectivity index (χ3n) is 7.41. The van der Waals surface area contributed by atoms with Gasteiger partial charge < -0.3 is 24.1 Å². The van der Waals surface area contributed by atoms with Gasteiger partial charge in [-0.3, -0.25) is 4.79 Å². The molecule has 0 bridgehead atoms. The summed E-state index contributed by atoms with van der Waals surface area (Å²) in [5.41, 5.74) is 0.687. The molecule has 1 aromatic heterocycles. The fraction of sp³-hybridized carbons (Fsp3) is 0.500. The summed E-state index contributed by atoms with van der Waals surface area (Å²) in [6, 6.07) is 5.36. The SMILES string of the molecule is [C-]#[N+]c1ncc(Oc2ccc3c(c2)C(=O)OC32CCC(C(=O)N(C)CCN3CCCC3)CC2)cn1. The molecular weight excluding hydrogens is 446 g/mol. The van der Waals surface area contributed by atoms with Gasteiger partial charge in [0.2, 0.25) is 5.91 Å². The number of esters is 1. The van der Waals surface area contributed by atoms with E-state index in [1.807, 2.05) is 18.0 Å². The number of benzene rings is 1. The van der Waals surface area contributed by atoms with Gasteiger partial charge >= 0.3 is 11.9 Å². The van der Waals surface area contributed by atoms with Crippen LogP contribution in [0.2, 0.25) is 0 Å². The van der Waals surface area contributed by atoms with Crippen molar-refractivity contribution in [1.82, 2.24) is 19.8 Å². The zero-order chi connectivity index (χ0) is 24.4. The molecule has 1 saturated heterocycles. The molecule has 35 heavy (non-hydrogen) atoms. The quantitative estimate of drug-likeness (QED) is 0.462. The van der Waals surface area contributed by atoms with Gasteiger partial charge in [0.25, 0.3) is 0 Å². The van der Waals surface area contributed by atoms with Gasteiger partial charge in [-0.05, 0) is 63.7 Å². The summed E-state index contributed by atoms with van der Waals surface area (Å²) < 4.78 is 11.7. The Labute approximate surface area is 204 Å². The topological polar surface area (TPSA) is 89.2 Å². The molecule has 1 amide bonds. The van der Waals surface area contributed by atoms with Crippen LogP contribution in [-0.2, 0) is 15.1 Å². The highest BCUT2D eigenvalue weighted by Gasteiger charge is 2.48. The van der Waals surface area contributed by atoms with Crippen LogP contribution in [-0.4, -0.2) is 64.9 Å². The molecule has 1 spiro atoms. The number of carbonyl (C=O) groups is 2. The summed E-state index contributed by atoms with van der Waals surface area (Å²) in [5, 5.41) is 0. The van der Waals surface area contributed by atoms with E-state index in [1.165, 1.54) is 25.2 Å². The fourth-order valence-electron chi connectivity index (χ4n) is 5.42. The lowest BCUT2D eigenvalue weighted by atomic mass is 9.74. The second-order valence-electron chi connectivity index (χ2n) is 9.61. The Morgan fingerprint density at radius 3 is 2.63 bits per heavy atom. The van der Waals surface area contributed by atoms with Crippen LogP contribution in [0, 0.1) is 12.5 Å². The minimum atomic E-state index is -0.670. The summed E-state index contributed by atoms with van der Waals surface area (Å²) in [6.07, 6.45) is 8.01. The predicted octanol–water partition coefficient (Wildman–Crippen LogP) is 3.93. The molecule has 0 radical (unpaired) electrons. The number of likely N-dealkylation sites (N-methyl/N-ethyl adjacent to an activating group) is 1. The lowest BCUT2D eigenvalue weighted by Gasteiger charge is -2.37. The maximum Gasteiger partial charge on any atom is 0.371 e. The number of nitrogens with zero attached hydrogens (tertiary/aromatic N) is 5. The monoisotopic (exact) mass is 475 g/mol. The van der Waals surface area contributed by atoms with Gasteiger partial charge in [-0.2, -0.15) is 9.97 Å². The van der Waals surface area contributed by atoms with Gasteiger partial charge in [0.15, 0.2) is 5.75 Å². The Bertz CT molecular complexity index is 1150. The molecule has 3 heterocycles. The van der Waals surface area contributed by atoms with Gasteiger partial charge in [-0.15, -0.1) is 6.57 Å². The molecule has 0 unspecified atom stereocenters. The minimum absolute atomic E-state index is 0.0343. The average molecular weight is 476 g/mol. The third kappa shape index (κ3) is 4.71. The van der Waals surface area contributed by atoms with E-state index in [0.29, 0.717) is 42.7 Å². The van der Waals surface area contributed by atoms with Gasteiger partial charge in [0.05, 0.1) is 5.56 Å². The molecule has 3 aliphatic rings. The molecular formula is C26H29N5O4. The zero-order valence-corrected chi connectivity index (χ0v) is 19.9. The van der Waals surface area contributed by atoms with Crippen LogP contribution in [0.3, 0.4) is 0 Å². The van der Waals surface area contributed by atoms with Gasteiger partial charge in [0, 0.05) is 31.6 Å². The first-order valence-corrected chi connectivity index (χ1v) is 12.2. The second-order valence-corrected chi connectivity index (χ2v) is 9.61. The van der Waals surface area contributed by atoms with Crippen LogP contribution >= 0.6 is 0 Å². The zero-order valence-electron chi connectivity index (χ0n) is 19.9. The van der Waals surface area contributed by atoms with Crippen molar-refractivity contribution in [3.63, 3.8) is 0 Å². The lowest BCUT2D eigenvalue weighted by molar-refractivity contribution is -0.137.